The topological polar surface area (TPSA) is 215 Å². The second-order valence-corrected chi connectivity index (χ2v) is 18.6. The number of likely N-dealkylation sites (tertiary alicyclic amines) is 2. The molecule has 326 valence electrons. The van der Waals surface area contributed by atoms with E-state index in [9.17, 15) is 30.0 Å². The van der Waals surface area contributed by atoms with Crippen LogP contribution in [-0.4, -0.2) is 125 Å². The summed E-state index contributed by atoms with van der Waals surface area (Å²) in [5.74, 6) is 0.767. The van der Waals surface area contributed by atoms with E-state index in [1.54, 1.807) is 28.3 Å². The normalized spacial score (nSPS) is 19.0. The number of piperidine rings is 2. The fourth-order valence-electron chi connectivity index (χ4n) is 9.13. The molecule has 0 atom stereocenters. The van der Waals surface area contributed by atoms with Crippen LogP contribution in [0.3, 0.4) is 0 Å². The largest absolute Gasteiger partial charge is 0.508 e. The molecular weight excluding hydrogens is 811 g/mol. The standard InChI is InChI=1S/C45H53N9O7S/c1-27(2)32-18-33(36(56)20-35(32)55)42(58)54-25-29-4-3-28(17-30(29)26-54)24-51-9-5-44(59,6-10-51)21-38(57)52-11-7-45(60,8-12-52)37-19-34-39(62-37)41(53-13-15-61-16-14-53)50-40(49-34)31-22-47-43(46)48-23-31/h3-4,17-20,22-23,27,55-56,59-60H,5-16,21,24-26H2,1-2H3,(H2,46,47,48). The van der Waals surface area contributed by atoms with Gasteiger partial charge >= 0.3 is 0 Å². The number of ether oxygens (including phenoxy) is 1. The van der Waals surface area contributed by atoms with E-state index in [0.29, 0.717) is 115 Å². The maximum atomic E-state index is 13.7. The fourth-order valence-corrected chi connectivity index (χ4v) is 10.4. The van der Waals surface area contributed by atoms with Gasteiger partial charge in [-0.25, -0.2) is 19.9 Å². The van der Waals surface area contributed by atoms with Gasteiger partial charge in [0.1, 0.15) is 17.1 Å². The van der Waals surface area contributed by atoms with Crippen LogP contribution in [-0.2, 0) is 34.8 Å². The molecule has 3 fully saturated rings. The Morgan fingerprint density at radius 3 is 2.27 bits per heavy atom. The van der Waals surface area contributed by atoms with Crippen molar-refractivity contribution in [2.45, 2.75) is 82.7 Å². The lowest BCUT2D eigenvalue weighted by atomic mass is 9.86. The summed E-state index contributed by atoms with van der Waals surface area (Å²) in [7, 11) is 0. The van der Waals surface area contributed by atoms with Gasteiger partial charge in [-0.15, -0.1) is 11.3 Å². The number of carbonyl (C=O) groups excluding carboxylic acids is 2. The molecule has 9 rings (SSSR count). The second-order valence-electron chi connectivity index (χ2n) is 17.6. The van der Waals surface area contributed by atoms with E-state index in [4.69, 9.17) is 20.4 Å². The van der Waals surface area contributed by atoms with Crippen LogP contribution in [0.15, 0.2) is 48.8 Å². The average Bonchev–Trinajstić information content (AvgIpc) is 3.90. The lowest BCUT2D eigenvalue weighted by molar-refractivity contribution is -0.142. The van der Waals surface area contributed by atoms with Crippen LogP contribution in [0.25, 0.3) is 21.6 Å². The molecule has 0 bridgehead atoms. The third-order valence-electron chi connectivity index (χ3n) is 12.9. The van der Waals surface area contributed by atoms with E-state index < -0.39 is 11.2 Å². The number of nitrogens with two attached hydrogens (primary N) is 1. The van der Waals surface area contributed by atoms with E-state index in [-0.39, 0.29) is 47.2 Å². The second kappa shape index (κ2) is 16.7. The van der Waals surface area contributed by atoms with Crippen molar-refractivity contribution >= 4 is 45.1 Å². The molecule has 17 heteroatoms. The molecule has 0 aliphatic carbocycles. The number of rotatable bonds is 9. The summed E-state index contributed by atoms with van der Waals surface area (Å²) in [5, 5.41) is 44.4. The predicted molar refractivity (Wildman–Crippen MR) is 234 cm³/mol. The molecule has 6 N–H and O–H groups in total. The Morgan fingerprint density at radius 2 is 1.56 bits per heavy atom. The van der Waals surface area contributed by atoms with Crippen molar-refractivity contribution in [1.82, 2.24) is 34.6 Å². The van der Waals surface area contributed by atoms with Crippen molar-refractivity contribution < 1.29 is 34.8 Å². The number of carbonyl (C=O) groups is 2. The third-order valence-corrected chi connectivity index (χ3v) is 14.3. The summed E-state index contributed by atoms with van der Waals surface area (Å²) in [4.78, 5) is 53.9. The minimum Gasteiger partial charge on any atom is -0.508 e. The molecule has 2 amide bonds. The number of aliphatic hydroxyl groups is 2. The highest BCUT2D eigenvalue weighted by Crippen LogP contribution is 2.43. The van der Waals surface area contributed by atoms with Crippen LogP contribution in [0.2, 0.25) is 0 Å². The zero-order valence-electron chi connectivity index (χ0n) is 35.1. The van der Waals surface area contributed by atoms with Crippen molar-refractivity contribution in [2.75, 3.05) is 63.1 Å². The maximum Gasteiger partial charge on any atom is 0.258 e. The molecule has 4 aliphatic rings. The number of anilines is 2. The molecule has 4 aliphatic heterocycles. The molecule has 16 nitrogen and oxygen atoms in total. The number of fused-ring (bicyclic) bond motifs is 2. The van der Waals surface area contributed by atoms with Crippen molar-refractivity contribution in [3.63, 3.8) is 0 Å². The Balaban J connectivity index is 0.792. The number of amides is 2. The number of nitrogen functional groups attached to an aromatic ring is 1. The van der Waals surface area contributed by atoms with Crippen molar-refractivity contribution in [2.24, 2.45) is 0 Å². The number of aromatic nitrogens is 4. The summed E-state index contributed by atoms with van der Waals surface area (Å²) in [6, 6.07) is 11.0. The first-order valence-corrected chi connectivity index (χ1v) is 22.2. The number of aromatic hydroxyl groups is 2. The van der Waals surface area contributed by atoms with E-state index in [1.165, 1.54) is 17.4 Å². The summed E-state index contributed by atoms with van der Waals surface area (Å²) in [6.45, 7) is 9.95. The summed E-state index contributed by atoms with van der Waals surface area (Å²) < 4.78 is 6.49. The molecular formula is C45H53N9O7S. The predicted octanol–water partition coefficient (Wildman–Crippen LogP) is 4.48. The van der Waals surface area contributed by atoms with Gasteiger partial charge in [-0.1, -0.05) is 32.0 Å². The zero-order chi connectivity index (χ0) is 43.3. The van der Waals surface area contributed by atoms with E-state index in [0.717, 1.165) is 37.6 Å². The minimum atomic E-state index is -1.14. The summed E-state index contributed by atoms with van der Waals surface area (Å²) in [5.41, 5.74) is 8.86. The van der Waals surface area contributed by atoms with Crippen LogP contribution < -0.4 is 10.6 Å². The smallest absolute Gasteiger partial charge is 0.258 e. The first kappa shape index (κ1) is 41.9. The molecule has 3 saturated heterocycles. The van der Waals surface area contributed by atoms with Gasteiger partial charge in [-0.2, -0.15) is 0 Å². The third kappa shape index (κ3) is 8.39. The Kier molecular flexibility index (Phi) is 11.3. The van der Waals surface area contributed by atoms with Gasteiger partial charge in [0.25, 0.3) is 5.91 Å². The van der Waals surface area contributed by atoms with Crippen LogP contribution in [0.4, 0.5) is 11.8 Å². The highest BCUT2D eigenvalue weighted by Gasteiger charge is 2.41. The van der Waals surface area contributed by atoms with Gasteiger partial charge in [0.15, 0.2) is 11.6 Å². The molecule has 3 aromatic heterocycles. The van der Waals surface area contributed by atoms with Gasteiger partial charge in [0.05, 0.1) is 46.6 Å². The van der Waals surface area contributed by atoms with Gasteiger partial charge in [-0.05, 0) is 66.0 Å². The van der Waals surface area contributed by atoms with E-state index in [2.05, 4.69) is 38.0 Å². The number of hydrogen-bond donors (Lipinski definition) is 5. The number of nitrogens with zero attached hydrogens (tertiary/aromatic N) is 8. The molecule has 7 heterocycles. The molecule has 2 aromatic carbocycles. The Bertz CT molecular complexity index is 2490. The van der Waals surface area contributed by atoms with Crippen molar-refractivity contribution in [3.05, 3.63) is 81.5 Å². The summed E-state index contributed by atoms with van der Waals surface area (Å²) >= 11 is 1.49. The molecule has 0 saturated carbocycles. The van der Waals surface area contributed by atoms with E-state index >= 15 is 0 Å². The quantitative estimate of drug-likeness (QED) is 0.138. The number of benzene rings is 2. The number of hydrogen-bond acceptors (Lipinski definition) is 15. The van der Waals surface area contributed by atoms with E-state index in [1.807, 2.05) is 19.9 Å². The Morgan fingerprint density at radius 1 is 0.855 bits per heavy atom. The monoisotopic (exact) mass is 863 g/mol. The van der Waals surface area contributed by atoms with Gasteiger partial charge in [0.2, 0.25) is 11.9 Å². The zero-order valence-corrected chi connectivity index (χ0v) is 35.9. The molecule has 0 spiro atoms. The first-order valence-electron chi connectivity index (χ1n) is 21.4. The highest BCUT2D eigenvalue weighted by molar-refractivity contribution is 7.19. The maximum absolute atomic E-state index is 13.7. The van der Waals surface area contributed by atoms with Crippen LogP contribution in [0.5, 0.6) is 11.5 Å². The Labute approximate surface area is 363 Å². The molecule has 62 heavy (non-hydrogen) atoms. The Hall–Kier alpha value is -5.46. The number of phenolic OH excluding ortho intramolecular Hbond substituents is 2. The fraction of sp³-hybridized carbons (Fsp3) is 0.467. The average molecular weight is 864 g/mol. The van der Waals surface area contributed by atoms with Crippen LogP contribution in [0.1, 0.15) is 89.4 Å². The van der Waals surface area contributed by atoms with Gasteiger partial charge in [0, 0.05) is 82.2 Å². The minimum absolute atomic E-state index is 0.00854. The number of thiophene rings is 1. The van der Waals surface area contributed by atoms with Gasteiger partial charge < -0.3 is 45.6 Å². The molecule has 5 aromatic rings. The number of phenols is 2. The van der Waals surface area contributed by atoms with Crippen molar-refractivity contribution in [3.8, 4) is 22.9 Å². The molecule has 0 unspecified atom stereocenters. The van der Waals surface area contributed by atoms with Crippen molar-refractivity contribution in [1.29, 1.82) is 0 Å². The van der Waals surface area contributed by atoms with Crippen LogP contribution >= 0.6 is 11.3 Å². The van der Waals surface area contributed by atoms with Crippen LogP contribution in [0, 0.1) is 0 Å². The first-order chi connectivity index (χ1) is 29.7. The highest BCUT2D eigenvalue weighted by atomic mass is 32.1. The molecule has 0 radical (unpaired) electrons. The summed E-state index contributed by atoms with van der Waals surface area (Å²) in [6.07, 6.45) is 4.91. The lowest BCUT2D eigenvalue weighted by Crippen LogP contribution is -2.50. The lowest BCUT2D eigenvalue weighted by Gasteiger charge is -2.41. The number of morpholine rings is 1. The van der Waals surface area contributed by atoms with Gasteiger partial charge in [-0.3, -0.25) is 14.5 Å². The SMILES string of the molecule is CC(C)c1cc(C(=O)N2Cc3ccc(CN4CCC(O)(CC(=O)N5CCC(O)(c6cc7nc(-c8cnc(N)nc8)nc(N8CCOCC8)c7s6)CC5)CC4)cc3C2)c(O)cc1O.